The van der Waals surface area contributed by atoms with E-state index in [2.05, 4.69) is 5.32 Å². The highest BCUT2D eigenvalue weighted by molar-refractivity contribution is 5.74. The summed E-state index contributed by atoms with van der Waals surface area (Å²) in [6, 6.07) is -0.697. The second-order valence-electron chi connectivity index (χ2n) is 4.83. The van der Waals surface area contributed by atoms with Gasteiger partial charge in [-0.05, 0) is 6.08 Å². The number of ether oxygens (including phenoxy) is 3. The van der Waals surface area contributed by atoms with Crippen molar-refractivity contribution in [2.24, 2.45) is 0 Å². The van der Waals surface area contributed by atoms with E-state index in [-0.39, 0.29) is 5.91 Å². The SMILES string of the molecule is CC(=O)N[C@@H]1C=C[C@@H](OC(C)=O)[C@H](OC(C)=O)[C@@H]1OC(C)=O. The van der Waals surface area contributed by atoms with Crippen LogP contribution in [0.25, 0.3) is 0 Å². The monoisotopic (exact) mass is 313 g/mol. The average molecular weight is 313 g/mol. The molecular weight excluding hydrogens is 294 g/mol. The Bertz CT molecular complexity index is 455. The lowest BCUT2D eigenvalue weighted by molar-refractivity contribution is -0.182. The van der Waals surface area contributed by atoms with Crippen LogP contribution >= 0.6 is 0 Å². The number of amides is 1. The summed E-state index contributed by atoms with van der Waals surface area (Å²) in [5.41, 5.74) is 0. The molecule has 1 rings (SSSR count). The molecule has 0 aromatic heterocycles. The van der Waals surface area contributed by atoms with Crippen molar-refractivity contribution >= 4 is 23.8 Å². The van der Waals surface area contributed by atoms with Gasteiger partial charge in [0.15, 0.2) is 18.3 Å². The molecule has 0 heterocycles. The van der Waals surface area contributed by atoms with Crippen LogP contribution < -0.4 is 5.32 Å². The highest BCUT2D eigenvalue weighted by Gasteiger charge is 2.43. The second-order valence-corrected chi connectivity index (χ2v) is 4.83. The highest BCUT2D eigenvalue weighted by Crippen LogP contribution is 2.23. The molecule has 0 aromatic carbocycles. The summed E-state index contributed by atoms with van der Waals surface area (Å²) < 4.78 is 15.4. The van der Waals surface area contributed by atoms with Crippen LogP contribution in [-0.2, 0) is 33.4 Å². The number of hydrogen-bond acceptors (Lipinski definition) is 7. The Morgan fingerprint density at radius 2 is 1.27 bits per heavy atom. The van der Waals surface area contributed by atoms with E-state index >= 15 is 0 Å². The summed E-state index contributed by atoms with van der Waals surface area (Å²) in [6.07, 6.45) is 0.0562. The summed E-state index contributed by atoms with van der Waals surface area (Å²) in [4.78, 5) is 45.0. The molecule has 0 aromatic rings. The summed E-state index contributed by atoms with van der Waals surface area (Å²) >= 11 is 0. The molecule has 1 aliphatic carbocycles. The number of carbonyl (C=O) groups is 4. The van der Waals surface area contributed by atoms with Gasteiger partial charge in [0.05, 0.1) is 6.04 Å². The topological polar surface area (TPSA) is 108 Å². The lowest BCUT2D eigenvalue weighted by Crippen LogP contribution is -2.56. The van der Waals surface area contributed by atoms with Crippen LogP contribution in [0.15, 0.2) is 12.2 Å². The molecule has 0 fully saturated rings. The van der Waals surface area contributed by atoms with Gasteiger partial charge in [0.1, 0.15) is 0 Å². The van der Waals surface area contributed by atoms with E-state index in [1.807, 2.05) is 0 Å². The van der Waals surface area contributed by atoms with Gasteiger partial charge >= 0.3 is 17.9 Å². The van der Waals surface area contributed by atoms with Crippen molar-refractivity contribution < 1.29 is 33.4 Å². The zero-order valence-corrected chi connectivity index (χ0v) is 12.8. The van der Waals surface area contributed by atoms with E-state index in [0.29, 0.717) is 0 Å². The van der Waals surface area contributed by atoms with Crippen LogP contribution in [0.3, 0.4) is 0 Å². The molecule has 1 aliphatic rings. The van der Waals surface area contributed by atoms with Gasteiger partial charge in [0.25, 0.3) is 0 Å². The first-order valence-electron chi connectivity index (χ1n) is 6.67. The Labute approximate surface area is 127 Å². The van der Waals surface area contributed by atoms with Crippen molar-refractivity contribution in [3.8, 4) is 0 Å². The number of esters is 3. The van der Waals surface area contributed by atoms with Crippen molar-refractivity contribution in [3.05, 3.63) is 12.2 Å². The molecular formula is C14H19NO7. The Morgan fingerprint density at radius 3 is 1.73 bits per heavy atom. The number of hydrogen-bond donors (Lipinski definition) is 1. The van der Waals surface area contributed by atoms with E-state index in [1.54, 1.807) is 0 Å². The van der Waals surface area contributed by atoms with Crippen molar-refractivity contribution in [1.82, 2.24) is 5.32 Å². The number of nitrogens with one attached hydrogen (secondary N) is 1. The molecule has 0 saturated heterocycles. The molecule has 0 radical (unpaired) electrons. The van der Waals surface area contributed by atoms with Crippen LogP contribution in [-0.4, -0.2) is 48.2 Å². The Kier molecular flexibility index (Phi) is 6.09. The quantitative estimate of drug-likeness (QED) is 0.437. The van der Waals surface area contributed by atoms with E-state index < -0.39 is 42.3 Å². The maximum atomic E-state index is 11.3. The third-order valence-electron chi connectivity index (χ3n) is 2.79. The van der Waals surface area contributed by atoms with Gasteiger partial charge in [0.2, 0.25) is 5.91 Å². The molecule has 8 heteroatoms. The third-order valence-corrected chi connectivity index (χ3v) is 2.79. The van der Waals surface area contributed by atoms with Gasteiger partial charge in [-0.25, -0.2) is 0 Å². The van der Waals surface area contributed by atoms with Gasteiger partial charge in [0, 0.05) is 27.7 Å². The molecule has 0 spiro atoms. The fourth-order valence-electron chi connectivity index (χ4n) is 2.16. The average Bonchev–Trinajstić information content (AvgIpc) is 2.34. The lowest BCUT2D eigenvalue weighted by Gasteiger charge is -2.37. The van der Waals surface area contributed by atoms with Crippen LogP contribution in [0, 0.1) is 0 Å². The predicted molar refractivity (Wildman–Crippen MR) is 73.4 cm³/mol. The zero-order chi connectivity index (χ0) is 16.9. The molecule has 0 aliphatic heterocycles. The first-order chi connectivity index (χ1) is 10.2. The molecule has 4 atom stereocenters. The van der Waals surface area contributed by atoms with Crippen LogP contribution in [0.1, 0.15) is 27.7 Å². The van der Waals surface area contributed by atoms with Gasteiger partial charge in [-0.15, -0.1) is 0 Å². The highest BCUT2D eigenvalue weighted by atomic mass is 16.6. The molecule has 122 valence electrons. The summed E-state index contributed by atoms with van der Waals surface area (Å²) in [7, 11) is 0. The molecule has 0 bridgehead atoms. The van der Waals surface area contributed by atoms with E-state index in [0.717, 1.165) is 0 Å². The Hall–Kier alpha value is -2.38. The van der Waals surface area contributed by atoms with Gasteiger partial charge in [-0.3, -0.25) is 19.2 Å². The van der Waals surface area contributed by atoms with E-state index in [4.69, 9.17) is 14.2 Å². The maximum Gasteiger partial charge on any atom is 0.303 e. The van der Waals surface area contributed by atoms with Crippen molar-refractivity contribution in [2.75, 3.05) is 0 Å². The number of carbonyl (C=O) groups excluding carboxylic acids is 4. The van der Waals surface area contributed by atoms with Crippen LogP contribution in [0.5, 0.6) is 0 Å². The first kappa shape index (κ1) is 17.7. The van der Waals surface area contributed by atoms with Gasteiger partial charge in [-0.1, -0.05) is 6.08 Å². The fraction of sp³-hybridized carbons (Fsp3) is 0.571. The van der Waals surface area contributed by atoms with Gasteiger partial charge in [-0.2, -0.15) is 0 Å². The van der Waals surface area contributed by atoms with Gasteiger partial charge < -0.3 is 19.5 Å². The molecule has 0 unspecified atom stereocenters. The standard InChI is InChI=1S/C14H19NO7/c1-7(16)15-11-5-6-12(20-8(2)17)14(22-10(4)19)13(11)21-9(3)18/h5-6,11-14H,1-4H3,(H,15,16)/t11-,12-,13-,14+/m1/s1. The van der Waals surface area contributed by atoms with E-state index in [9.17, 15) is 19.2 Å². The first-order valence-corrected chi connectivity index (χ1v) is 6.67. The predicted octanol–water partition coefficient (Wildman–Crippen LogP) is -0.144. The fourth-order valence-corrected chi connectivity index (χ4v) is 2.16. The zero-order valence-electron chi connectivity index (χ0n) is 12.8. The van der Waals surface area contributed by atoms with Crippen LogP contribution in [0.4, 0.5) is 0 Å². The van der Waals surface area contributed by atoms with Crippen molar-refractivity contribution in [3.63, 3.8) is 0 Å². The smallest absolute Gasteiger partial charge is 0.303 e. The second kappa shape index (κ2) is 7.58. The Morgan fingerprint density at radius 1 is 0.773 bits per heavy atom. The van der Waals surface area contributed by atoms with Crippen LogP contribution in [0.2, 0.25) is 0 Å². The molecule has 8 nitrogen and oxygen atoms in total. The minimum absolute atomic E-state index is 0.348. The molecule has 1 amide bonds. The van der Waals surface area contributed by atoms with E-state index in [1.165, 1.54) is 39.8 Å². The largest absolute Gasteiger partial charge is 0.456 e. The lowest BCUT2D eigenvalue weighted by atomic mass is 9.93. The number of rotatable bonds is 4. The maximum absolute atomic E-state index is 11.3. The van der Waals surface area contributed by atoms with Crippen molar-refractivity contribution in [2.45, 2.75) is 52.0 Å². The summed E-state index contributed by atoms with van der Waals surface area (Å²) in [5, 5.41) is 2.58. The summed E-state index contributed by atoms with van der Waals surface area (Å²) in [5.74, 6) is -2.17. The minimum Gasteiger partial charge on any atom is -0.456 e. The molecule has 22 heavy (non-hydrogen) atoms. The Balaban J connectivity index is 3.11. The minimum atomic E-state index is -1.05. The normalized spacial score (nSPS) is 26.7. The van der Waals surface area contributed by atoms with Crippen molar-refractivity contribution in [1.29, 1.82) is 0 Å². The summed E-state index contributed by atoms with van der Waals surface area (Å²) in [6.45, 7) is 4.88. The molecule has 0 saturated carbocycles. The molecule has 1 N–H and O–H groups in total. The third kappa shape index (κ3) is 5.19.